The van der Waals surface area contributed by atoms with Crippen molar-refractivity contribution in [3.05, 3.63) is 35.0 Å². The molecule has 1 aromatic heterocycles. The predicted octanol–water partition coefficient (Wildman–Crippen LogP) is 1.97. The number of nitrogens with zero attached hydrogens (tertiary/aromatic N) is 1. The number of aromatic nitrogens is 1. The van der Waals surface area contributed by atoms with Crippen LogP contribution in [0.2, 0.25) is 5.02 Å². The van der Waals surface area contributed by atoms with Crippen LogP contribution < -0.4 is 5.73 Å². The number of hydrogen-bond acceptors (Lipinski definition) is 2. The number of Topliss-reactive ketones (excluding diaryl/α,β-unsaturated/α-hetero) is 1. The molecule has 0 aliphatic heterocycles. The number of ketones is 1. The standard InChI is InChI=1S/C11H11ClN2O/c1-14-6-9(11(15)5-13)8-4-7(12)2-3-10(8)14/h2-4,6H,5,13H2,1H3. The van der Waals surface area contributed by atoms with Crippen LogP contribution in [0.25, 0.3) is 10.9 Å². The van der Waals surface area contributed by atoms with Gasteiger partial charge in [-0.25, -0.2) is 0 Å². The summed E-state index contributed by atoms with van der Waals surface area (Å²) < 4.78 is 1.90. The minimum absolute atomic E-state index is 0.0195. The van der Waals surface area contributed by atoms with Crippen molar-refractivity contribution in [1.82, 2.24) is 4.57 Å². The first-order valence-corrected chi connectivity index (χ1v) is 4.99. The number of halogens is 1. The van der Waals surface area contributed by atoms with E-state index in [1.165, 1.54) is 0 Å². The molecule has 1 aromatic carbocycles. The summed E-state index contributed by atoms with van der Waals surface area (Å²) in [5.41, 5.74) is 6.97. The van der Waals surface area contributed by atoms with Crippen LogP contribution in [0.5, 0.6) is 0 Å². The molecule has 2 N–H and O–H groups in total. The Hall–Kier alpha value is -1.32. The van der Waals surface area contributed by atoms with Crippen molar-refractivity contribution < 1.29 is 4.79 Å². The maximum Gasteiger partial charge on any atom is 0.178 e. The van der Waals surface area contributed by atoms with Crippen LogP contribution in [-0.4, -0.2) is 16.9 Å². The van der Waals surface area contributed by atoms with Crippen molar-refractivity contribution in [1.29, 1.82) is 0 Å². The van der Waals surface area contributed by atoms with Crippen LogP contribution in [0, 0.1) is 0 Å². The van der Waals surface area contributed by atoms with Gasteiger partial charge in [0, 0.05) is 34.7 Å². The second-order valence-corrected chi connectivity index (χ2v) is 3.88. The Bertz CT molecular complexity index is 531. The fourth-order valence-electron chi connectivity index (χ4n) is 1.70. The third-order valence-corrected chi connectivity index (χ3v) is 2.67. The fraction of sp³-hybridized carbons (Fsp3) is 0.182. The summed E-state index contributed by atoms with van der Waals surface area (Å²) in [4.78, 5) is 11.6. The second kappa shape index (κ2) is 3.68. The van der Waals surface area contributed by atoms with E-state index in [4.69, 9.17) is 17.3 Å². The highest BCUT2D eigenvalue weighted by Crippen LogP contribution is 2.24. The zero-order valence-electron chi connectivity index (χ0n) is 8.33. The Kier molecular flexibility index (Phi) is 2.50. The Morgan fingerprint density at radius 2 is 2.27 bits per heavy atom. The number of benzene rings is 1. The van der Waals surface area contributed by atoms with Crippen molar-refractivity contribution in [2.75, 3.05) is 6.54 Å². The van der Waals surface area contributed by atoms with E-state index in [-0.39, 0.29) is 12.3 Å². The average molecular weight is 223 g/mol. The summed E-state index contributed by atoms with van der Waals surface area (Å²) in [7, 11) is 1.89. The van der Waals surface area contributed by atoms with E-state index in [0.29, 0.717) is 10.6 Å². The lowest BCUT2D eigenvalue weighted by molar-refractivity contribution is 0.100. The molecule has 1 heterocycles. The zero-order chi connectivity index (χ0) is 11.0. The molecular formula is C11H11ClN2O. The molecule has 0 saturated heterocycles. The van der Waals surface area contributed by atoms with E-state index in [9.17, 15) is 4.79 Å². The molecular weight excluding hydrogens is 212 g/mol. The van der Waals surface area contributed by atoms with Crippen LogP contribution >= 0.6 is 11.6 Å². The van der Waals surface area contributed by atoms with Gasteiger partial charge in [0.25, 0.3) is 0 Å². The molecule has 0 saturated carbocycles. The maximum absolute atomic E-state index is 11.6. The van der Waals surface area contributed by atoms with Crippen molar-refractivity contribution in [3.8, 4) is 0 Å². The molecule has 0 aliphatic carbocycles. The monoisotopic (exact) mass is 222 g/mol. The second-order valence-electron chi connectivity index (χ2n) is 3.44. The van der Waals surface area contributed by atoms with Gasteiger partial charge in [0.2, 0.25) is 0 Å². The Balaban J connectivity index is 2.75. The number of carbonyl (C=O) groups is 1. The van der Waals surface area contributed by atoms with Crippen molar-refractivity contribution in [2.45, 2.75) is 0 Å². The lowest BCUT2D eigenvalue weighted by Gasteiger charge is -1.96. The number of hydrogen-bond donors (Lipinski definition) is 1. The molecule has 0 fully saturated rings. The summed E-state index contributed by atoms with van der Waals surface area (Å²) in [6.07, 6.45) is 1.79. The Morgan fingerprint density at radius 1 is 1.53 bits per heavy atom. The molecule has 0 radical (unpaired) electrons. The van der Waals surface area contributed by atoms with Crippen molar-refractivity contribution >= 4 is 28.3 Å². The highest BCUT2D eigenvalue weighted by molar-refractivity contribution is 6.31. The van der Waals surface area contributed by atoms with Gasteiger partial charge in [-0.2, -0.15) is 0 Å². The molecule has 0 atom stereocenters. The lowest BCUT2D eigenvalue weighted by atomic mass is 10.1. The summed E-state index contributed by atoms with van der Waals surface area (Å²) in [6, 6.07) is 5.49. The first-order chi connectivity index (χ1) is 7.13. The van der Waals surface area contributed by atoms with E-state index in [2.05, 4.69) is 0 Å². The third kappa shape index (κ3) is 1.64. The minimum atomic E-state index is -0.0668. The summed E-state index contributed by atoms with van der Waals surface area (Å²) >= 11 is 5.90. The summed E-state index contributed by atoms with van der Waals surface area (Å²) in [5, 5.41) is 1.49. The van der Waals surface area contributed by atoms with Gasteiger partial charge in [0.1, 0.15) is 0 Å². The number of nitrogens with two attached hydrogens (primary N) is 1. The van der Waals surface area contributed by atoms with Gasteiger partial charge in [0.05, 0.1) is 6.54 Å². The van der Waals surface area contributed by atoms with E-state index >= 15 is 0 Å². The Morgan fingerprint density at radius 3 is 2.93 bits per heavy atom. The van der Waals surface area contributed by atoms with Crippen molar-refractivity contribution in [2.24, 2.45) is 12.8 Å². The SMILES string of the molecule is Cn1cc(C(=O)CN)c2cc(Cl)ccc21. The normalized spacial score (nSPS) is 10.9. The van der Waals surface area contributed by atoms with Gasteiger partial charge in [-0.1, -0.05) is 11.6 Å². The van der Waals surface area contributed by atoms with Gasteiger partial charge in [-0.15, -0.1) is 0 Å². The number of aryl methyl sites for hydroxylation is 1. The molecule has 0 unspecified atom stereocenters. The molecule has 0 bridgehead atoms. The van der Waals surface area contributed by atoms with E-state index in [0.717, 1.165) is 10.9 Å². The number of rotatable bonds is 2. The van der Waals surface area contributed by atoms with Gasteiger partial charge in [0.15, 0.2) is 5.78 Å². The van der Waals surface area contributed by atoms with Gasteiger partial charge < -0.3 is 10.3 Å². The van der Waals surface area contributed by atoms with E-state index in [1.54, 1.807) is 18.3 Å². The molecule has 4 heteroatoms. The third-order valence-electron chi connectivity index (χ3n) is 2.44. The molecule has 2 aromatic rings. The molecule has 2 rings (SSSR count). The smallest absolute Gasteiger partial charge is 0.178 e. The van der Waals surface area contributed by atoms with Crippen molar-refractivity contribution in [3.63, 3.8) is 0 Å². The van der Waals surface area contributed by atoms with Gasteiger partial charge >= 0.3 is 0 Å². The molecule has 78 valence electrons. The minimum Gasteiger partial charge on any atom is -0.350 e. The molecule has 0 amide bonds. The summed E-state index contributed by atoms with van der Waals surface area (Å²) in [5.74, 6) is -0.0668. The zero-order valence-corrected chi connectivity index (χ0v) is 9.08. The van der Waals surface area contributed by atoms with Crippen LogP contribution in [0.4, 0.5) is 0 Å². The van der Waals surface area contributed by atoms with Gasteiger partial charge in [-0.05, 0) is 18.2 Å². The quantitative estimate of drug-likeness (QED) is 0.790. The van der Waals surface area contributed by atoms with E-state index in [1.807, 2.05) is 17.7 Å². The predicted molar refractivity (Wildman–Crippen MR) is 61.3 cm³/mol. The highest BCUT2D eigenvalue weighted by atomic mass is 35.5. The first kappa shape index (κ1) is 10.2. The largest absolute Gasteiger partial charge is 0.350 e. The molecule has 0 aliphatic rings. The van der Waals surface area contributed by atoms with Crippen LogP contribution in [0.3, 0.4) is 0 Å². The lowest BCUT2D eigenvalue weighted by Crippen LogP contribution is -2.13. The Labute approximate surface area is 92.4 Å². The topological polar surface area (TPSA) is 48.0 Å². The van der Waals surface area contributed by atoms with Crippen LogP contribution in [0.15, 0.2) is 24.4 Å². The summed E-state index contributed by atoms with van der Waals surface area (Å²) in [6.45, 7) is 0.0195. The highest BCUT2D eigenvalue weighted by Gasteiger charge is 2.12. The maximum atomic E-state index is 11.6. The molecule has 15 heavy (non-hydrogen) atoms. The first-order valence-electron chi connectivity index (χ1n) is 4.61. The van der Waals surface area contributed by atoms with Crippen LogP contribution in [0.1, 0.15) is 10.4 Å². The number of fused-ring (bicyclic) bond motifs is 1. The van der Waals surface area contributed by atoms with Gasteiger partial charge in [-0.3, -0.25) is 4.79 Å². The molecule has 3 nitrogen and oxygen atoms in total. The number of carbonyl (C=O) groups excluding carboxylic acids is 1. The molecule has 0 spiro atoms. The fourth-order valence-corrected chi connectivity index (χ4v) is 1.87. The average Bonchev–Trinajstić information content (AvgIpc) is 2.54. The van der Waals surface area contributed by atoms with Crippen LogP contribution in [-0.2, 0) is 7.05 Å². The van der Waals surface area contributed by atoms with E-state index < -0.39 is 0 Å².